The number of allylic oxidation sites excluding steroid dienone is 3. The van der Waals surface area contributed by atoms with E-state index in [0.29, 0.717) is 34.4 Å². The number of alkyl halides is 9. The van der Waals surface area contributed by atoms with Crippen LogP contribution in [0.1, 0.15) is 51.2 Å². The Bertz CT molecular complexity index is 1950. The van der Waals surface area contributed by atoms with Crippen molar-refractivity contribution in [3.63, 3.8) is 0 Å². The van der Waals surface area contributed by atoms with Gasteiger partial charge >= 0.3 is 24.5 Å². The number of aromatic nitrogens is 1. The summed E-state index contributed by atoms with van der Waals surface area (Å²) in [6.45, 7) is 2.95. The molecule has 1 saturated heterocycles. The second-order valence-corrected chi connectivity index (χ2v) is 12.6. The SMILES string of the molecule is COc1ncc(-c2ccc(C(=O)O)cc2C)cc1C1(C)C=CC(C(F)(F)F)=CC1[C@H]1OC[C@H]2C1=NO[C@H]2c1cc(C(F)(F)F)cc(C(F)(F)F)c1. The van der Waals surface area contributed by atoms with E-state index in [2.05, 4.69) is 10.1 Å². The number of oxime groups is 1. The maximum absolute atomic E-state index is 14.2. The van der Waals surface area contributed by atoms with E-state index in [1.165, 1.54) is 31.5 Å². The van der Waals surface area contributed by atoms with Crippen molar-refractivity contribution < 1.29 is 63.7 Å². The highest BCUT2D eigenvalue weighted by Crippen LogP contribution is 2.51. The van der Waals surface area contributed by atoms with Crippen LogP contribution in [0.5, 0.6) is 5.88 Å². The number of ether oxygens (including phenoxy) is 2. The summed E-state index contributed by atoms with van der Waals surface area (Å²) in [5.41, 5.74) is -4.03. The number of hydrogen-bond acceptors (Lipinski definition) is 6. The van der Waals surface area contributed by atoms with Gasteiger partial charge in [-0.25, -0.2) is 9.78 Å². The van der Waals surface area contributed by atoms with E-state index in [4.69, 9.17) is 14.3 Å². The lowest BCUT2D eigenvalue weighted by Crippen LogP contribution is -2.43. The zero-order valence-corrected chi connectivity index (χ0v) is 26.7. The third kappa shape index (κ3) is 6.56. The summed E-state index contributed by atoms with van der Waals surface area (Å²) in [6.07, 6.45) is -13.2. The van der Waals surface area contributed by atoms with Gasteiger partial charge in [-0.2, -0.15) is 39.5 Å². The number of carboxylic acid groups (broad SMARTS) is 1. The van der Waals surface area contributed by atoms with E-state index in [-0.39, 0.29) is 29.8 Å². The topological polar surface area (TPSA) is 90.2 Å². The van der Waals surface area contributed by atoms with Gasteiger partial charge in [0.1, 0.15) is 6.10 Å². The fraction of sp³-hybridized carbons (Fsp3) is 0.343. The van der Waals surface area contributed by atoms with Crippen molar-refractivity contribution in [3.05, 3.63) is 106 Å². The molecule has 0 spiro atoms. The zero-order chi connectivity index (χ0) is 37.3. The number of nitrogens with zero attached hydrogens (tertiary/aromatic N) is 2. The molecule has 0 amide bonds. The molecule has 5 atom stereocenters. The highest BCUT2D eigenvalue weighted by atomic mass is 19.4. The Labute approximate surface area is 284 Å². The van der Waals surface area contributed by atoms with E-state index < -0.39 is 76.2 Å². The fourth-order valence-corrected chi connectivity index (χ4v) is 6.79. The Morgan fingerprint density at radius 3 is 2.18 bits per heavy atom. The number of hydrogen-bond donors (Lipinski definition) is 1. The largest absolute Gasteiger partial charge is 0.481 e. The van der Waals surface area contributed by atoms with Gasteiger partial charge in [-0.15, -0.1) is 0 Å². The van der Waals surface area contributed by atoms with Crippen molar-refractivity contribution in [2.24, 2.45) is 17.0 Å². The molecule has 7 nitrogen and oxygen atoms in total. The van der Waals surface area contributed by atoms with Gasteiger partial charge in [-0.3, -0.25) is 0 Å². The van der Waals surface area contributed by atoms with E-state index in [0.717, 1.165) is 12.2 Å². The van der Waals surface area contributed by atoms with Crippen molar-refractivity contribution in [3.8, 4) is 17.0 Å². The minimum Gasteiger partial charge on any atom is -0.481 e. The molecule has 270 valence electrons. The normalized spacial score (nSPS) is 24.9. The summed E-state index contributed by atoms with van der Waals surface area (Å²) in [5, 5.41) is 13.4. The highest BCUT2D eigenvalue weighted by molar-refractivity contribution is 5.94. The minimum absolute atomic E-state index is 0.0125. The maximum atomic E-state index is 14.2. The Kier molecular flexibility index (Phi) is 8.76. The Balaban J connectivity index is 1.42. The number of rotatable bonds is 6. The molecule has 2 unspecified atom stereocenters. The predicted molar refractivity (Wildman–Crippen MR) is 163 cm³/mol. The van der Waals surface area contributed by atoms with E-state index in [9.17, 15) is 49.4 Å². The molecular formula is C35H27F9N2O5. The van der Waals surface area contributed by atoms with Gasteiger partial charge in [0.05, 0.1) is 47.6 Å². The van der Waals surface area contributed by atoms with Gasteiger partial charge in [0.25, 0.3) is 0 Å². The summed E-state index contributed by atoms with van der Waals surface area (Å²) in [7, 11) is 1.31. The third-order valence-electron chi connectivity index (χ3n) is 9.43. The van der Waals surface area contributed by atoms with Gasteiger partial charge in [-0.1, -0.05) is 36.4 Å². The van der Waals surface area contributed by atoms with Crippen LogP contribution in [-0.4, -0.2) is 47.8 Å². The number of fused-ring (bicyclic) bond motifs is 1. The van der Waals surface area contributed by atoms with Gasteiger partial charge < -0.3 is 19.4 Å². The van der Waals surface area contributed by atoms with Crippen LogP contribution in [0.3, 0.4) is 0 Å². The molecule has 2 aliphatic heterocycles. The lowest BCUT2D eigenvalue weighted by molar-refractivity contribution is -0.143. The molecule has 2 aromatic carbocycles. The molecule has 0 bridgehead atoms. The summed E-state index contributed by atoms with van der Waals surface area (Å²) in [5.74, 6) is -3.35. The number of carbonyl (C=O) groups is 1. The predicted octanol–water partition coefficient (Wildman–Crippen LogP) is 8.88. The molecule has 51 heavy (non-hydrogen) atoms. The zero-order valence-electron chi connectivity index (χ0n) is 26.7. The molecule has 3 heterocycles. The number of halogens is 9. The number of benzene rings is 2. The number of aryl methyl sites for hydroxylation is 1. The standard InChI is InChI=1S/C35H27F9N2O5/c1-16-8-17(31(47)48)4-5-23(16)19-11-26(30(49-3)45-14-19)32(2)7-6-20(33(36,37)38)13-25(32)29-27-24(15-50-29)28(51-46-27)18-9-21(34(39,40)41)12-22(10-18)35(42,43)44/h4-14,24-25,28-29H,15H2,1-3H3,(H,47,48)/t24-,25?,28-,29+,32?/m0/s1. The molecule has 1 fully saturated rings. The third-order valence-corrected chi connectivity index (χ3v) is 9.43. The van der Waals surface area contributed by atoms with Crippen LogP contribution in [0.25, 0.3) is 11.1 Å². The lowest BCUT2D eigenvalue weighted by atomic mass is 9.65. The van der Waals surface area contributed by atoms with Crippen molar-refractivity contribution in [2.75, 3.05) is 13.7 Å². The molecule has 16 heteroatoms. The summed E-state index contributed by atoms with van der Waals surface area (Å²) < 4.78 is 136. The second-order valence-electron chi connectivity index (χ2n) is 12.6. The second kappa shape index (κ2) is 12.4. The van der Waals surface area contributed by atoms with Crippen LogP contribution < -0.4 is 4.74 Å². The van der Waals surface area contributed by atoms with Crippen molar-refractivity contribution >= 4 is 11.7 Å². The first-order valence-corrected chi connectivity index (χ1v) is 15.2. The Hall–Kier alpha value is -4.86. The van der Waals surface area contributed by atoms with Gasteiger partial charge in [0, 0.05) is 28.7 Å². The molecule has 3 aromatic rings. The number of methoxy groups -OCH3 is 1. The number of carboxylic acids is 1. The first-order chi connectivity index (χ1) is 23.7. The van der Waals surface area contributed by atoms with Crippen molar-refractivity contribution in [2.45, 2.75) is 50.0 Å². The average Bonchev–Trinajstić information content (AvgIpc) is 3.66. The van der Waals surface area contributed by atoms with Crippen molar-refractivity contribution in [1.29, 1.82) is 0 Å². The first kappa shape index (κ1) is 35.9. The molecule has 0 saturated carbocycles. The smallest absolute Gasteiger partial charge is 0.416 e. The molecule has 1 aliphatic carbocycles. The molecule has 1 N–H and O–H groups in total. The summed E-state index contributed by atoms with van der Waals surface area (Å²) in [6, 6.07) is 7.07. The molecule has 3 aliphatic rings. The van der Waals surface area contributed by atoms with Gasteiger partial charge in [-0.05, 0) is 60.0 Å². The molecule has 6 rings (SSSR count). The highest BCUT2D eigenvalue weighted by Gasteiger charge is 2.54. The average molecular weight is 727 g/mol. The summed E-state index contributed by atoms with van der Waals surface area (Å²) >= 11 is 0. The van der Waals surface area contributed by atoms with E-state index >= 15 is 0 Å². The minimum atomic E-state index is -5.12. The quantitative estimate of drug-likeness (QED) is 0.256. The Morgan fingerprint density at radius 2 is 1.61 bits per heavy atom. The number of pyridine rings is 1. The molecular weight excluding hydrogens is 699 g/mol. The molecule has 1 aromatic heterocycles. The van der Waals surface area contributed by atoms with E-state index in [1.807, 2.05) is 0 Å². The van der Waals surface area contributed by atoms with Crippen LogP contribution in [0, 0.1) is 18.8 Å². The maximum Gasteiger partial charge on any atom is 0.416 e. The fourth-order valence-electron chi connectivity index (χ4n) is 6.79. The molecule has 0 radical (unpaired) electrons. The van der Waals surface area contributed by atoms with Crippen LogP contribution in [-0.2, 0) is 27.3 Å². The van der Waals surface area contributed by atoms with Crippen LogP contribution >= 0.6 is 0 Å². The van der Waals surface area contributed by atoms with Gasteiger partial charge in [0.2, 0.25) is 5.88 Å². The monoisotopic (exact) mass is 726 g/mol. The van der Waals surface area contributed by atoms with Gasteiger partial charge in [0.15, 0.2) is 6.10 Å². The van der Waals surface area contributed by atoms with Crippen LogP contribution in [0.4, 0.5) is 39.5 Å². The van der Waals surface area contributed by atoms with Crippen molar-refractivity contribution in [1.82, 2.24) is 4.98 Å². The van der Waals surface area contributed by atoms with Crippen LogP contribution in [0.15, 0.2) is 77.6 Å². The first-order valence-electron chi connectivity index (χ1n) is 15.2. The number of aromatic carboxylic acids is 1. The lowest BCUT2D eigenvalue weighted by Gasteiger charge is -2.40. The Morgan fingerprint density at radius 1 is 0.941 bits per heavy atom. The van der Waals surface area contributed by atoms with Crippen LogP contribution in [0.2, 0.25) is 0 Å². The summed E-state index contributed by atoms with van der Waals surface area (Å²) in [4.78, 5) is 21.3. The van der Waals surface area contributed by atoms with E-state index in [1.54, 1.807) is 26.0 Å².